The van der Waals surface area contributed by atoms with E-state index in [4.69, 9.17) is 16.7 Å². The van der Waals surface area contributed by atoms with E-state index in [1.165, 1.54) is 0 Å². The predicted octanol–water partition coefficient (Wildman–Crippen LogP) is 1.89. The number of anilines is 1. The first-order valence-electron chi connectivity index (χ1n) is 10.3. The lowest BCUT2D eigenvalue weighted by Crippen LogP contribution is -2.51. The van der Waals surface area contributed by atoms with Crippen LogP contribution in [0.2, 0.25) is 5.02 Å². The van der Waals surface area contributed by atoms with Gasteiger partial charge in [0.05, 0.1) is 27.3 Å². The van der Waals surface area contributed by atoms with Gasteiger partial charge in [-0.15, -0.1) is 11.8 Å². The average Bonchev–Trinajstić information content (AvgIpc) is 3.37. The Bertz CT molecular complexity index is 868. The Morgan fingerprint density at radius 1 is 1.30 bits per heavy atom. The van der Waals surface area contributed by atoms with E-state index in [2.05, 4.69) is 10.6 Å². The molecule has 3 aliphatic heterocycles. The molecule has 3 amide bonds. The minimum Gasteiger partial charge on any atom is -0.396 e. The zero-order chi connectivity index (χ0) is 21.5. The van der Waals surface area contributed by atoms with Gasteiger partial charge in [-0.05, 0) is 37.8 Å². The minimum atomic E-state index is -0.672. The lowest BCUT2D eigenvalue weighted by molar-refractivity contribution is -0.139. The van der Waals surface area contributed by atoms with Crippen molar-refractivity contribution in [1.82, 2.24) is 10.2 Å². The van der Waals surface area contributed by atoms with E-state index < -0.39 is 22.6 Å². The molecule has 7 nitrogen and oxygen atoms in total. The Morgan fingerprint density at radius 3 is 2.77 bits per heavy atom. The van der Waals surface area contributed by atoms with Gasteiger partial charge in [0.2, 0.25) is 17.7 Å². The van der Waals surface area contributed by atoms with Crippen molar-refractivity contribution in [2.45, 2.75) is 41.7 Å². The number of carbonyl (C=O) groups excluding carboxylic acids is 3. The highest BCUT2D eigenvalue weighted by molar-refractivity contribution is 8.02. The number of benzene rings is 1. The number of likely N-dealkylation sites (tertiary alicyclic amines) is 1. The van der Waals surface area contributed by atoms with Gasteiger partial charge in [-0.3, -0.25) is 14.4 Å². The molecule has 5 atom stereocenters. The van der Waals surface area contributed by atoms with Gasteiger partial charge in [-0.1, -0.05) is 23.7 Å². The predicted molar refractivity (Wildman–Crippen MR) is 116 cm³/mol. The molecule has 1 spiro atoms. The van der Waals surface area contributed by atoms with Gasteiger partial charge >= 0.3 is 0 Å². The quantitative estimate of drug-likeness (QED) is 0.550. The maximum atomic E-state index is 13.5. The summed E-state index contributed by atoms with van der Waals surface area (Å²) in [7, 11) is 1.59. The third kappa shape index (κ3) is 3.29. The molecule has 2 bridgehead atoms. The molecule has 4 rings (SSSR count). The number of nitrogens with one attached hydrogen (secondary N) is 2. The molecule has 162 valence electrons. The number of aliphatic hydroxyl groups excluding tert-OH is 1. The second-order valence-corrected chi connectivity index (χ2v) is 10.1. The van der Waals surface area contributed by atoms with Crippen LogP contribution in [0.5, 0.6) is 0 Å². The summed E-state index contributed by atoms with van der Waals surface area (Å²) in [5.41, 5.74) is 0.507. The Hall–Kier alpha value is -1.77. The van der Waals surface area contributed by atoms with Crippen LogP contribution in [-0.4, -0.2) is 64.0 Å². The van der Waals surface area contributed by atoms with Gasteiger partial charge in [0, 0.05) is 25.4 Å². The van der Waals surface area contributed by atoms with Gasteiger partial charge in [-0.25, -0.2) is 0 Å². The number of amides is 3. The van der Waals surface area contributed by atoms with Crippen molar-refractivity contribution < 1.29 is 19.5 Å². The van der Waals surface area contributed by atoms with E-state index in [0.29, 0.717) is 30.1 Å². The maximum Gasteiger partial charge on any atom is 0.248 e. The van der Waals surface area contributed by atoms with E-state index in [1.54, 1.807) is 48.0 Å². The Labute approximate surface area is 184 Å². The molecule has 1 aromatic carbocycles. The van der Waals surface area contributed by atoms with Gasteiger partial charge in [-0.2, -0.15) is 0 Å². The summed E-state index contributed by atoms with van der Waals surface area (Å²) in [4.78, 5) is 41.3. The van der Waals surface area contributed by atoms with Crippen LogP contribution in [0, 0.1) is 11.8 Å². The summed E-state index contributed by atoms with van der Waals surface area (Å²) in [6.07, 6.45) is 2.69. The molecule has 3 N–H and O–H groups in total. The number of nitrogens with zero attached hydrogens (tertiary/aromatic N) is 1. The molecule has 3 saturated heterocycles. The Kier molecular flexibility index (Phi) is 6.01. The number of aliphatic hydroxyl groups is 1. The molecule has 3 fully saturated rings. The summed E-state index contributed by atoms with van der Waals surface area (Å²) in [6, 6.07) is 6.34. The van der Waals surface area contributed by atoms with Crippen LogP contribution in [0.15, 0.2) is 24.3 Å². The lowest BCUT2D eigenvalue weighted by atomic mass is 9.71. The van der Waals surface area contributed by atoms with E-state index in [0.717, 1.165) is 12.8 Å². The van der Waals surface area contributed by atoms with E-state index >= 15 is 0 Å². The second-order valence-electron chi connectivity index (χ2n) is 8.10. The standard InChI is InChI=1S/C21H26ClN3O4S/c1-23-18(27)15-14-8-9-21(30-14)16(15)20(29)25(10-4-5-11-26)17(21)19(28)24-13-7-3-2-6-12(13)22/h2-3,6-7,14-17,26H,4-5,8-11H2,1H3,(H,23,27)(H,24,28)/t14-,15+,16-,17?,21?/m0/s1. The Balaban J connectivity index is 1.68. The molecule has 3 heterocycles. The number of carbonyl (C=O) groups is 3. The number of hydrogen-bond acceptors (Lipinski definition) is 5. The number of halogens is 1. The lowest BCUT2D eigenvalue weighted by Gasteiger charge is -2.34. The van der Waals surface area contributed by atoms with Crippen LogP contribution in [-0.2, 0) is 14.4 Å². The van der Waals surface area contributed by atoms with Crippen molar-refractivity contribution >= 4 is 46.8 Å². The van der Waals surface area contributed by atoms with Crippen LogP contribution in [0.4, 0.5) is 5.69 Å². The molecule has 0 saturated carbocycles. The van der Waals surface area contributed by atoms with E-state index in [-0.39, 0.29) is 29.6 Å². The van der Waals surface area contributed by atoms with Crippen LogP contribution in [0.3, 0.4) is 0 Å². The third-order valence-corrected chi connectivity index (χ3v) is 8.82. The Morgan fingerprint density at radius 2 is 2.07 bits per heavy atom. The fourth-order valence-corrected chi connectivity index (χ4v) is 7.72. The van der Waals surface area contributed by atoms with Gasteiger partial charge in [0.25, 0.3) is 0 Å². The normalized spacial score (nSPS) is 31.7. The average molecular weight is 452 g/mol. The number of unbranched alkanes of at least 4 members (excludes halogenated alkanes) is 1. The van der Waals surface area contributed by atoms with Crippen molar-refractivity contribution in [2.75, 3.05) is 25.5 Å². The molecular weight excluding hydrogens is 426 g/mol. The highest BCUT2D eigenvalue weighted by atomic mass is 35.5. The summed E-state index contributed by atoms with van der Waals surface area (Å²) in [5, 5.41) is 15.3. The zero-order valence-corrected chi connectivity index (χ0v) is 18.3. The second kappa shape index (κ2) is 8.40. The van der Waals surface area contributed by atoms with Crippen LogP contribution < -0.4 is 10.6 Å². The molecule has 30 heavy (non-hydrogen) atoms. The zero-order valence-electron chi connectivity index (χ0n) is 16.8. The molecule has 2 unspecified atom stereocenters. The molecule has 0 aliphatic carbocycles. The third-order valence-electron chi connectivity index (χ3n) is 6.54. The topological polar surface area (TPSA) is 98.7 Å². The SMILES string of the molecule is CNC(=O)[C@@H]1[C@@H]2CCC3(S2)C(C(=O)Nc2ccccc2Cl)N(CCCCO)C(=O)[C@H]13. The minimum absolute atomic E-state index is 0.0325. The molecule has 0 aromatic heterocycles. The molecular formula is C21H26ClN3O4S. The van der Waals surface area contributed by atoms with Crippen molar-refractivity contribution in [3.63, 3.8) is 0 Å². The van der Waals surface area contributed by atoms with Crippen molar-refractivity contribution in [1.29, 1.82) is 0 Å². The first kappa shape index (κ1) is 21.5. The molecule has 9 heteroatoms. The summed E-state index contributed by atoms with van der Waals surface area (Å²) >= 11 is 7.87. The summed E-state index contributed by atoms with van der Waals surface area (Å²) < 4.78 is -0.608. The maximum absolute atomic E-state index is 13.5. The van der Waals surface area contributed by atoms with Crippen LogP contribution in [0.1, 0.15) is 25.7 Å². The number of fused-ring (bicyclic) bond motifs is 1. The van der Waals surface area contributed by atoms with Gasteiger partial charge in [0.15, 0.2) is 0 Å². The van der Waals surface area contributed by atoms with Gasteiger partial charge < -0.3 is 20.6 Å². The number of para-hydroxylation sites is 1. The highest BCUT2D eigenvalue weighted by Crippen LogP contribution is 2.66. The first-order valence-corrected chi connectivity index (χ1v) is 11.6. The smallest absolute Gasteiger partial charge is 0.248 e. The van der Waals surface area contributed by atoms with Gasteiger partial charge in [0.1, 0.15) is 6.04 Å². The summed E-state index contributed by atoms with van der Waals surface area (Å²) in [6.45, 7) is 0.411. The number of thioether (sulfide) groups is 1. The van der Waals surface area contributed by atoms with Crippen molar-refractivity contribution in [3.05, 3.63) is 29.3 Å². The van der Waals surface area contributed by atoms with Crippen molar-refractivity contribution in [2.24, 2.45) is 11.8 Å². The summed E-state index contributed by atoms with van der Waals surface area (Å²) in [5.74, 6) is -1.45. The van der Waals surface area contributed by atoms with E-state index in [9.17, 15) is 14.4 Å². The number of rotatable bonds is 7. The van der Waals surface area contributed by atoms with E-state index in [1.807, 2.05) is 0 Å². The van der Waals surface area contributed by atoms with Crippen LogP contribution >= 0.6 is 23.4 Å². The molecule has 3 aliphatic rings. The molecule has 0 radical (unpaired) electrons. The number of hydrogen-bond donors (Lipinski definition) is 3. The fraction of sp³-hybridized carbons (Fsp3) is 0.571. The first-order chi connectivity index (χ1) is 14.4. The molecule has 1 aromatic rings. The highest BCUT2D eigenvalue weighted by Gasteiger charge is 2.73. The van der Waals surface area contributed by atoms with Crippen LogP contribution in [0.25, 0.3) is 0 Å². The fourth-order valence-electron chi connectivity index (χ4n) is 5.32. The largest absolute Gasteiger partial charge is 0.396 e. The van der Waals surface area contributed by atoms with Crippen molar-refractivity contribution in [3.8, 4) is 0 Å². The monoisotopic (exact) mass is 451 g/mol.